The maximum absolute atomic E-state index is 3.48. The lowest BCUT2D eigenvalue weighted by molar-refractivity contribution is 0.717. The summed E-state index contributed by atoms with van der Waals surface area (Å²) < 4.78 is 1.25. The Hall–Kier alpha value is 0.180. The summed E-state index contributed by atoms with van der Waals surface area (Å²) in [5, 5.41) is 3.14. The monoisotopic (exact) mass is 191 g/mol. The van der Waals surface area contributed by atoms with E-state index in [0.717, 1.165) is 0 Å². The van der Waals surface area contributed by atoms with Gasteiger partial charge in [0.2, 0.25) is 0 Å². The summed E-state index contributed by atoms with van der Waals surface area (Å²) in [6, 6.07) is 0.440. The molecule has 0 rings (SSSR count). The van der Waals surface area contributed by atoms with E-state index in [4.69, 9.17) is 0 Å². The molecule has 1 nitrogen and oxygen atoms in total. The van der Waals surface area contributed by atoms with Crippen molar-refractivity contribution < 1.29 is 0 Å². The first-order chi connectivity index (χ1) is 4.09. The second-order valence-electron chi connectivity index (χ2n) is 2.36. The Labute approximate surface area is 65.7 Å². The fraction of sp³-hybridized carbons (Fsp3) is 0.714. The summed E-state index contributed by atoms with van der Waals surface area (Å²) in [5.41, 5.74) is 1.33. The van der Waals surface area contributed by atoms with Crippen molar-refractivity contribution in [1.29, 1.82) is 0 Å². The molecule has 1 unspecified atom stereocenters. The SMILES string of the molecule is CNC(C)C(Br)=C(C)C. The van der Waals surface area contributed by atoms with Crippen molar-refractivity contribution >= 4 is 15.9 Å². The molecule has 0 aromatic rings. The molecule has 0 aliphatic carbocycles. The van der Waals surface area contributed by atoms with Crippen molar-refractivity contribution in [1.82, 2.24) is 5.32 Å². The zero-order valence-electron chi connectivity index (χ0n) is 6.46. The molecule has 0 saturated heterocycles. The average Bonchev–Trinajstić information content (AvgIpc) is 1.84. The van der Waals surface area contributed by atoms with Crippen molar-refractivity contribution in [2.45, 2.75) is 26.8 Å². The van der Waals surface area contributed by atoms with Crippen LogP contribution in [0.4, 0.5) is 0 Å². The van der Waals surface area contributed by atoms with E-state index in [1.54, 1.807) is 0 Å². The second kappa shape index (κ2) is 4.07. The van der Waals surface area contributed by atoms with Crippen molar-refractivity contribution in [2.24, 2.45) is 0 Å². The smallest absolute Gasteiger partial charge is 0.0354 e. The fourth-order valence-corrected chi connectivity index (χ4v) is 0.789. The van der Waals surface area contributed by atoms with E-state index in [-0.39, 0.29) is 0 Å². The number of halogens is 1. The summed E-state index contributed by atoms with van der Waals surface area (Å²) in [7, 11) is 1.95. The van der Waals surface area contributed by atoms with Gasteiger partial charge in [-0.15, -0.1) is 0 Å². The standard InChI is InChI=1S/C7H14BrN/c1-5(2)7(8)6(3)9-4/h6,9H,1-4H3. The summed E-state index contributed by atoms with van der Waals surface area (Å²) in [4.78, 5) is 0. The van der Waals surface area contributed by atoms with E-state index in [0.29, 0.717) is 6.04 Å². The molecule has 0 saturated carbocycles. The molecule has 0 bridgehead atoms. The molecule has 0 spiro atoms. The Kier molecular flexibility index (Phi) is 4.15. The van der Waals surface area contributed by atoms with Gasteiger partial charge in [0.15, 0.2) is 0 Å². The Morgan fingerprint density at radius 2 is 1.89 bits per heavy atom. The van der Waals surface area contributed by atoms with Crippen molar-refractivity contribution in [3.8, 4) is 0 Å². The normalized spacial score (nSPS) is 13.0. The molecule has 9 heavy (non-hydrogen) atoms. The minimum atomic E-state index is 0.440. The molecule has 0 fully saturated rings. The lowest BCUT2D eigenvalue weighted by atomic mass is 10.2. The highest BCUT2D eigenvalue weighted by Crippen LogP contribution is 2.14. The predicted octanol–water partition coefficient (Wildman–Crippen LogP) is 2.28. The van der Waals surface area contributed by atoms with Gasteiger partial charge in [-0.05, 0) is 27.8 Å². The number of allylic oxidation sites excluding steroid dienone is 1. The summed E-state index contributed by atoms with van der Waals surface area (Å²) in [5.74, 6) is 0. The van der Waals surface area contributed by atoms with Crippen LogP contribution in [-0.4, -0.2) is 13.1 Å². The van der Waals surface area contributed by atoms with Gasteiger partial charge in [0, 0.05) is 10.5 Å². The number of hydrogen-bond donors (Lipinski definition) is 1. The lowest BCUT2D eigenvalue weighted by Gasteiger charge is -2.09. The van der Waals surface area contributed by atoms with Crippen LogP contribution in [0.5, 0.6) is 0 Å². The third kappa shape index (κ3) is 3.01. The molecule has 1 N–H and O–H groups in total. The van der Waals surface area contributed by atoms with E-state index in [1.807, 2.05) is 7.05 Å². The third-order valence-electron chi connectivity index (χ3n) is 1.29. The van der Waals surface area contributed by atoms with Crippen LogP contribution in [0.1, 0.15) is 20.8 Å². The molecule has 0 heterocycles. The van der Waals surface area contributed by atoms with Crippen LogP contribution in [-0.2, 0) is 0 Å². The molecule has 0 radical (unpaired) electrons. The second-order valence-corrected chi connectivity index (χ2v) is 3.21. The van der Waals surface area contributed by atoms with E-state index < -0.39 is 0 Å². The minimum Gasteiger partial charge on any atom is -0.313 e. The van der Waals surface area contributed by atoms with Crippen LogP contribution in [0.2, 0.25) is 0 Å². The van der Waals surface area contributed by atoms with Gasteiger partial charge < -0.3 is 5.32 Å². The average molecular weight is 192 g/mol. The topological polar surface area (TPSA) is 12.0 Å². The Balaban J connectivity index is 4.02. The van der Waals surface area contributed by atoms with Crippen LogP contribution >= 0.6 is 15.9 Å². The van der Waals surface area contributed by atoms with E-state index in [2.05, 4.69) is 42.0 Å². The number of nitrogens with one attached hydrogen (secondary N) is 1. The highest BCUT2D eigenvalue weighted by Gasteiger charge is 2.01. The van der Waals surface area contributed by atoms with Gasteiger partial charge in [-0.1, -0.05) is 21.5 Å². The van der Waals surface area contributed by atoms with Crippen LogP contribution in [0.15, 0.2) is 10.1 Å². The number of likely N-dealkylation sites (N-methyl/N-ethyl adjacent to an activating group) is 1. The first-order valence-corrected chi connectivity index (χ1v) is 3.89. The zero-order chi connectivity index (χ0) is 7.44. The minimum absolute atomic E-state index is 0.440. The molecule has 0 aromatic heterocycles. The first-order valence-electron chi connectivity index (χ1n) is 3.09. The largest absolute Gasteiger partial charge is 0.313 e. The maximum Gasteiger partial charge on any atom is 0.0354 e. The predicted molar refractivity (Wildman–Crippen MR) is 45.8 cm³/mol. The summed E-state index contributed by atoms with van der Waals surface area (Å²) in [6.07, 6.45) is 0. The molecule has 0 amide bonds. The quantitative estimate of drug-likeness (QED) is 0.707. The van der Waals surface area contributed by atoms with Crippen LogP contribution in [0.3, 0.4) is 0 Å². The van der Waals surface area contributed by atoms with Gasteiger partial charge in [0.25, 0.3) is 0 Å². The third-order valence-corrected chi connectivity index (χ3v) is 2.77. The fourth-order valence-electron chi connectivity index (χ4n) is 0.560. The lowest BCUT2D eigenvalue weighted by Crippen LogP contribution is -2.21. The van der Waals surface area contributed by atoms with Gasteiger partial charge in [-0.25, -0.2) is 0 Å². The van der Waals surface area contributed by atoms with E-state index >= 15 is 0 Å². The van der Waals surface area contributed by atoms with Gasteiger partial charge in [0.1, 0.15) is 0 Å². The Bertz CT molecular complexity index is 114. The molecule has 54 valence electrons. The number of hydrogen-bond acceptors (Lipinski definition) is 1. The van der Waals surface area contributed by atoms with Crippen LogP contribution < -0.4 is 5.32 Å². The Morgan fingerprint density at radius 3 is 2.00 bits per heavy atom. The molecular weight excluding hydrogens is 178 g/mol. The highest BCUT2D eigenvalue weighted by atomic mass is 79.9. The Morgan fingerprint density at radius 1 is 1.44 bits per heavy atom. The van der Waals surface area contributed by atoms with E-state index in [1.165, 1.54) is 10.1 Å². The highest BCUT2D eigenvalue weighted by molar-refractivity contribution is 9.11. The maximum atomic E-state index is 3.48. The van der Waals surface area contributed by atoms with Gasteiger partial charge in [0.05, 0.1) is 0 Å². The molecule has 0 aromatic carbocycles. The zero-order valence-corrected chi connectivity index (χ0v) is 8.04. The van der Waals surface area contributed by atoms with E-state index in [9.17, 15) is 0 Å². The van der Waals surface area contributed by atoms with Gasteiger partial charge in [-0.3, -0.25) is 0 Å². The molecule has 0 aliphatic heterocycles. The summed E-state index contributed by atoms with van der Waals surface area (Å²) in [6.45, 7) is 6.31. The van der Waals surface area contributed by atoms with Crippen LogP contribution in [0, 0.1) is 0 Å². The van der Waals surface area contributed by atoms with Gasteiger partial charge >= 0.3 is 0 Å². The van der Waals surface area contributed by atoms with Crippen LogP contribution in [0.25, 0.3) is 0 Å². The van der Waals surface area contributed by atoms with Gasteiger partial charge in [-0.2, -0.15) is 0 Å². The summed E-state index contributed by atoms with van der Waals surface area (Å²) >= 11 is 3.48. The number of rotatable bonds is 2. The molecular formula is C7H14BrN. The van der Waals surface area contributed by atoms with Crippen molar-refractivity contribution in [3.05, 3.63) is 10.1 Å². The molecule has 2 heteroatoms. The molecule has 0 aliphatic rings. The van der Waals surface area contributed by atoms with Crippen molar-refractivity contribution in [2.75, 3.05) is 7.05 Å². The first kappa shape index (κ1) is 9.18. The molecule has 1 atom stereocenters. The van der Waals surface area contributed by atoms with Crippen molar-refractivity contribution in [3.63, 3.8) is 0 Å².